The Morgan fingerprint density at radius 2 is 1.83 bits per heavy atom. The molecular weight excluding hydrogens is 554 g/mol. The molecule has 7 rings (SSSR count). The van der Waals surface area contributed by atoms with Crippen LogP contribution in [0.5, 0.6) is 0 Å². The molecule has 2 N–H and O–H groups in total. The second-order valence-corrected chi connectivity index (χ2v) is 11.9. The molecule has 1 amide bonds. The summed E-state index contributed by atoms with van der Waals surface area (Å²) in [6, 6.07) is 17.6. The number of likely N-dealkylation sites (N-methyl/N-ethyl adjacent to an activating group) is 1. The van der Waals surface area contributed by atoms with Crippen molar-refractivity contribution in [2.45, 2.75) is 36.4 Å². The highest BCUT2D eigenvalue weighted by molar-refractivity contribution is 8.04. The van der Waals surface area contributed by atoms with Crippen LogP contribution < -0.4 is 10.6 Å². The molecule has 1 saturated carbocycles. The first-order chi connectivity index (χ1) is 20.6. The van der Waals surface area contributed by atoms with Crippen molar-refractivity contribution in [3.05, 3.63) is 76.6 Å². The molecule has 3 aliphatic heterocycles. The van der Waals surface area contributed by atoms with Gasteiger partial charge in [-0.15, -0.1) is 5.10 Å². The van der Waals surface area contributed by atoms with Crippen molar-refractivity contribution in [1.29, 1.82) is 0 Å². The number of carbonyl (C=O) groups is 1. The van der Waals surface area contributed by atoms with Gasteiger partial charge < -0.3 is 34.3 Å². The first-order valence-corrected chi connectivity index (χ1v) is 15.1. The Balaban J connectivity index is 1.21. The van der Waals surface area contributed by atoms with Gasteiger partial charge in [-0.1, -0.05) is 65.4 Å². The standard InChI is InChI=1S/C30H33N7O4S/c1-36-23(27(37-15-17-40-18-16-37)42-28(36)30(39-2)13-8-14-30)26-34-35-29(41-26)33-24-25(38)31-21-12-7-6-11-20(21)22(32-24)19-9-4-3-5-10-19/h3-7,9-12,24,28H,8,13-18H2,1-2H3,(H,31,38)(H,33,35)/t24-,28?/m1/s1. The second-order valence-electron chi connectivity index (χ2n) is 10.8. The maximum absolute atomic E-state index is 13.3. The van der Waals surface area contributed by atoms with Gasteiger partial charge in [0.05, 0.1) is 30.2 Å². The zero-order valence-corrected chi connectivity index (χ0v) is 24.4. The van der Waals surface area contributed by atoms with Gasteiger partial charge in [-0.25, -0.2) is 4.99 Å². The van der Waals surface area contributed by atoms with Crippen LogP contribution in [0.3, 0.4) is 0 Å². The minimum absolute atomic E-state index is 0.0802. The van der Waals surface area contributed by atoms with E-state index in [1.165, 1.54) is 0 Å². The summed E-state index contributed by atoms with van der Waals surface area (Å²) in [6.07, 6.45) is 2.18. The molecule has 1 unspecified atom stereocenters. The van der Waals surface area contributed by atoms with Crippen LogP contribution in [0, 0.1) is 0 Å². The quantitative estimate of drug-likeness (QED) is 0.422. The number of benzene rings is 2. The third-order valence-corrected chi connectivity index (χ3v) is 10.0. The lowest BCUT2D eigenvalue weighted by Gasteiger charge is -2.47. The zero-order valence-electron chi connectivity index (χ0n) is 23.6. The van der Waals surface area contributed by atoms with Gasteiger partial charge in [0, 0.05) is 38.4 Å². The van der Waals surface area contributed by atoms with Gasteiger partial charge in [0.1, 0.15) is 16.1 Å². The monoisotopic (exact) mass is 587 g/mol. The molecule has 0 radical (unpaired) electrons. The van der Waals surface area contributed by atoms with Crippen molar-refractivity contribution >= 4 is 40.8 Å². The van der Waals surface area contributed by atoms with Crippen LogP contribution in [0.1, 0.15) is 36.3 Å². The van der Waals surface area contributed by atoms with Crippen molar-refractivity contribution in [3.63, 3.8) is 0 Å². The summed E-state index contributed by atoms with van der Waals surface area (Å²) in [5, 5.41) is 16.0. The van der Waals surface area contributed by atoms with Gasteiger partial charge in [-0.3, -0.25) is 4.79 Å². The summed E-state index contributed by atoms with van der Waals surface area (Å²) in [5.74, 6) is 0.0635. The van der Waals surface area contributed by atoms with Crippen molar-refractivity contribution in [2.75, 3.05) is 51.1 Å². The Hall–Kier alpha value is -3.87. The highest BCUT2D eigenvalue weighted by Gasteiger charge is 2.52. The summed E-state index contributed by atoms with van der Waals surface area (Å²) in [6.45, 7) is 2.90. The third-order valence-electron chi connectivity index (χ3n) is 8.37. The number of benzodiazepines with no additional fused rings is 1. The number of methoxy groups -OCH3 is 1. The fourth-order valence-electron chi connectivity index (χ4n) is 5.95. The van der Waals surface area contributed by atoms with Gasteiger partial charge in [-0.2, -0.15) is 0 Å². The number of morpholine rings is 1. The van der Waals surface area contributed by atoms with Crippen LogP contribution in [0.25, 0.3) is 5.70 Å². The minimum atomic E-state index is -0.983. The molecule has 218 valence electrons. The van der Waals surface area contributed by atoms with Crippen molar-refractivity contribution in [3.8, 4) is 0 Å². The van der Waals surface area contributed by atoms with Crippen LogP contribution >= 0.6 is 11.8 Å². The predicted molar refractivity (Wildman–Crippen MR) is 161 cm³/mol. The Morgan fingerprint density at radius 3 is 2.57 bits per heavy atom. The SMILES string of the molecule is COC1(C2SC(N3CCOCC3)=C(c3nnc(N[C@H]4N=C(c5ccccc5)c5ccccc5NC4=O)o3)N2C)CCC1. The van der Waals surface area contributed by atoms with Crippen LogP contribution in [-0.2, 0) is 14.3 Å². The molecule has 1 saturated heterocycles. The average Bonchev–Trinajstić information content (AvgIpc) is 3.56. The van der Waals surface area contributed by atoms with E-state index in [1.54, 1.807) is 18.9 Å². The molecule has 1 aliphatic carbocycles. The van der Waals surface area contributed by atoms with E-state index in [4.69, 9.17) is 18.9 Å². The molecule has 4 heterocycles. The molecule has 3 aromatic rings. The number of aromatic nitrogens is 2. The highest BCUT2D eigenvalue weighted by Crippen LogP contribution is 2.53. The molecule has 11 nitrogen and oxygen atoms in total. The number of nitrogens with one attached hydrogen (secondary N) is 2. The van der Waals surface area contributed by atoms with Gasteiger partial charge >= 0.3 is 6.01 Å². The van der Waals surface area contributed by atoms with Crippen LogP contribution in [0.2, 0.25) is 0 Å². The lowest BCUT2D eigenvalue weighted by Crippen LogP contribution is -2.53. The summed E-state index contributed by atoms with van der Waals surface area (Å²) < 4.78 is 17.9. The molecule has 42 heavy (non-hydrogen) atoms. The molecule has 1 aromatic heterocycles. The lowest BCUT2D eigenvalue weighted by atomic mass is 9.79. The van der Waals surface area contributed by atoms with E-state index < -0.39 is 6.17 Å². The number of rotatable bonds is 7. The number of para-hydroxylation sites is 1. The first-order valence-electron chi connectivity index (χ1n) is 14.2. The smallest absolute Gasteiger partial charge is 0.317 e. The Bertz CT molecular complexity index is 1530. The number of hydrogen-bond donors (Lipinski definition) is 2. The fraction of sp³-hybridized carbons (Fsp3) is 0.400. The molecule has 2 aromatic carbocycles. The minimum Gasteiger partial charge on any atom is -0.402 e. The van der Waals surface area contributed by atoms with Gasteiger partial charge in [0.15, 0.2) is 0 Å². The lowest BCUT2D eigenvalue weighted by molar-refractivity contribution is -0.116. The maximum atomic E-state index is 13.3. The number of ether oxygens (including phenoxy) is 2. The van der Waals surface area contributed by atoms with E-state index in [0.29, 0.717) is 30.5 Å². The van der Waals surface area contributed by atoms with Crippen LogP contribution in [0.15, 0.2) is 69.0 Å². The largest absolute Gasteiger partial charge is 0.402 e. The van der Waals surface area contributed by atoms with E-state index in [2.05, 4.69) is 37.7 Å². The Labute approximate surface area is 248 Å². The number of aliphatic imine (C=N–C) groups is 1. The van der Waals surface area contributed by atoms with Gasteiger partial charge in [0.2, 0.25) is 6.17 Å². The Kier molecular flexibility index (Phi) is 7.12. The summed E-state index contributed by atoms with van der Waals surface area (Å²) in [7, 11) is 3.86. The van der Waals surface area contributed by atoms with E-state index in [9.17, 15) is 4.79 Å². The molecule has 0 spiro atoms. The zero-order chi connectivity index (χ0) is 28.7. The highest BCUT2D eigenvalue weighted by atomic mass is 32.2. The third kappa shape index (κ3) is 4.73. The molecule has 2 fully saturated rings. The summed E-state index contributed by atoms with van der Waals surface area (Å²) in [5.41, 5.74) is 3.77. The van der Waals surface area contributed by atoms with E-state index in [0.717, 1.165) is 54.2 Å². The molecule has 2 atom stereocenters. The molecular formula is C30H33N7O4S. The van der Waals surface area contributed by atoms with E-state index in [1.807, 2.05) is 54.6 Å². The number of nitrogens with zero attached hydrogens (tertiary/aromatic N) is 5. The van der Waals surface area contributed by atoms with Crippen LogP contribution in [-0.4, -0.2) is 89.2 Å². The maximum Gasteiger partial charge on any atom is 0.317 e. The molecule has 4 aliphatic rings. The fourth-order valence-corrected chi connectivity index (χ4v) is 7.65. The summed E-state index contributed by atoms with van der Waals surface area (Å²) >= 11 is 1.79. The van der Waals surface area contributed by atoms with Crippen molar-refractivity contribution in [2.24, 2.45) is 4.99 Å². The van der Waals surface area contributed by atoms with E-state index >= 15 is 0 Å². The number of fused-ring (bicyclic) bond motifs is 1. The number of anilines is 2. The van der Waals surface area contributed by atoms with Crippen molar-refractivity contribution in [1.82, 2.24) is 20.0 Å². The van der Waals surface area contributed by atoms with Gasteiger partial charge in [-0.05, 0) is 25.3 Å². The van der Waals surface area contributed by atoms with Crippen LogP contribution in [0.4, 0.5) is 11.7 Å². The number of amides is 1. The number of carbonyl (C=O) groups excluding carboxylic acids is 1. The normalized spacial score (nSPS) is 23.6. The molecule has 12 heteroatoms. The first kappa shape index (κ1) is 27.0. The number of thioether (sulfide) groups is 1. The molecule has 0 bridgehead atoms. The Morgan fingerprint density at radius 1 is 1.07 bits per heavy atom. The average molecular weight is 588 g/mol. The number of hydrogen-bond acceptors (Lipinski definition) is 11. The predicted octanol–water partition coefficient (Wildman–Crippen LogP) is 3.83. The topological polar surface area (TPSA) is 117 Å². The van der Waals surface area contributed by atoms with Gasteiger partial charge in [0.25, 0.3) is 11.8 Å². The van der Waals surface area contributed by atoms with Crippen molar-refractivity contribution < 1.29 is 18.7 Å². The second kappa shape index (κ2) is 11.1. The van der Waals surface area contributed by atoms with E-state index in [-0.39, 0.29) is 22.9 Å². The summed E-state index contributed by atoms with van der Waals surface area (Å²) in [4.78, 5) is 22.7.